The Hall–Kier alpha value is -0.930. The van der Waals surface area contributed by atoms with Gasteiger partial charge >= 0.3 is 0 Å². The molecule has 0 bridgehead atoms. The second-order valence-electron chi connectivity index (χ2n) is 9.79. The molecule has 4 rings (SSSR count). The highest BCUT2D eigenvalue weighted by Gasteiger charge is 2.32. The summed E-state index contributed by atoms with van der Waals surface area (Å²) in [5, 5.41) is 1.05. The van der Waals surface area contributed by atoms with Gasteiger partial charge in [0.1, 0.15) is 5.82 Å². The molecule has 1 saturated heterocycles. The lowest BCUT2D eigenvalue weighted by molar-refractivity contribution is -0.0417. The van der Waals surface area contributed by atoms with Gasteiger partial charge in [0.25, 0.3) is 0 Å². The summed E-state index contributed by atoms with van der Waals surface area (Å²) in [6.45, 7) is 5.29. The van der Waals surface area contributed by atoms with E-state index in [4.69, 9.17) is 4.74 Å². The van der Waals surface area contributed by atoms with Crippen molar-refractivity contribution in [3.05, 3.63) is 34.5 Å². The Morgan fingerprint density at radius 2 is 1.77 bits per heavy atom. The van der Waals surface area contributed by atoms with Gasteiger partial charge in [0.15, 0.2) is 0 Å². The standard InChI is InChI=1S/C27H39FOS/c1-3-5-6-8-19-9-11-20(12-10-19)22-14-16-25(29-18-22)24-15-13-21-17-23(7-4-2)30-27(21)26(24)28/h13,15,17,19-20,22,25H,3-12,14,16,18H2,1-2H3. The van der Waals surface area contributed by atoms with E-state index in [9.17, 15) is 0 Å². The molecule has 2 fully saturated rings. The third kappa shape index (κ3) is 5.10. The van der Waals surface area contributed by atoms with Crippen molar-refractivity contribution in [1.29, 1.82) is 0 Å². The molecule has 166 valence electrons. The average molecular weight is 431 g/mol. The Kier molecular flexibility index (Phi) is 7.86. The Morgan fingerprint density at radius 1 is 0.967 bits per heavy atom. The Balaban J connectivity index is 1.31. The molecule has 1 saturated carbocycles. The first-order valence-electron chi connectivity index (χ1n) is 12.5. The van der Waals surface area contributed by atoms with Crippen LogP contribution in [0.1, 0.15) is 101 Å². The van der Waals surface area contributed by atoms with Crippen molar-refractivity contribution >= 4 is 21.4 Å². The minimum Gasteiger partial charge on any atom is -0.373 e. The molecular formula is C27H39FOS. The number of rotatable bonds is 8. The van der Waals surface area contributed by atoms with E-state index in [1.54, 1.807) is 11.3 Å². The average Bonchev–Trinajstić information content (AvgIpc) is 3.19. The fourth-order valence-electron chi connectivity index (χ4n) is 5.78. The molecule has 0 N–H and O–H groups in total. The topological polar surface area (TPSA) is 9.23 Å². The lowest BCUT2D eigenvalue weighted by Gasteiger charge is -2.38. The van der Waals surface area contributed by atoms with Crippen LogP contribution in [0.3, 0.4) is 0 Å². The highest BCUT2D eigenvalue weighted by Crippen LogP contribution is 2.43. The first kappa shape index (κ1) is 22.3. The highest BCUT2D eigenvalue weighted by molar-refractivity contribution is 7.19. The summed E-state index contributed by atoms with van der Waals surface area (Å²) < 4.78 is 22.4. The van der Waals surface area contributed by atoms with Crippen LogP contribution in [0.15, 0.2) is 18.2 Å². The summed E-state index contributed by atoms with van der Waals surface area (Å²) >= 11 is 1.63. The van der Waals surface area contributed by atoms with Crippen molar-refractivity contribution in [2.24, 2.45) is 17.8 Å². The molecular weight excluding hydrogens is 391 g/mol. The summed E-state index contributed by atoms with van der Waals surface area (Å²) in [6.07, 6.45) is 15.4. The molecule has 0 spiro atoms. The Labute approximate surface area is 186 Å². The third-order valence-corrected chi connectivity index (χ3v) is 8.84. The Bertz CT molecular complexity index is 797. The number of fused-ring (bicyclic) bond motifs is 1. The number of halogens is 1. The smallest absolute Gasteiger partial charge is 0.146 e. The van der Waals surface area contributed by atoms with Crippen LogP contribution in [0.4, 0.5) is 4.39 Å². The van der Waals surface area contributed by atoms with Gasteiger partial charge in [0, 0.05) is 10.4 Å². The van der Waals surface area contributed by atoms with Crippen LogP contribution in [0.2, 0.25) is 0 Å². The molecule has 30 heavy (non-hydrogen) atoms. The molecule has 3 heteroatoms. The zero-order valence-corrected chi connectivity index (χ0v) is 19.7. The van der Waals surface area contributed by atoms with Gasteiger partial charge < -0.3 is 4.74 Å². The van der Waals surface area contributed by atoms with Gasteiger partial charge in [-0.3, -0.25) is 0 Å². The van der Waals surface area contributed by atoms with Crippen LogP contribution in [-0.2, 0) is 11.2 Å². The van der Waals surface area contributed by atoms with Gasteiger partial charge in [-0.05, 0) is 61.3 Å². The summed E-state index contributed by atoms with van der Waals surface area (Å²) in [5.41, 5.74) is 0.783. The quantitative estimate of drug-likeness (QED) is 0.380. The molecule has 1 nitrogen and oxygen atoms in total. The van der Waals surface area contributed by atoms with E-state index in [1.165, 1.54) is 62.7 Å². The monoisotopic (exact) mass is 430 g/mol. The van der Waals surface area contributed by atoms with Crippen LogP contribution in [0.5, 0.6) is 0 Å². The molecule has 1 aromatic carbocycles. The van der Waals surface area contributed by atoms with Gasteiger partial charge in [-0.2, -0.15) is 0 Å². The van der Waals surface area contributed by atoms with Crippen molar-refractivity contribution in [3.8, 4) is 0 Å². The summed E-state index contributed by atoms with van der Waals surface area (Å²) in [5.74, 6) is 2.45. The number of unbranched alkanes of at least 4 members (excludes halogenated alkanes) is 2. The zero-order chi connectivity index (χ0) is 20.9. The van der Waals surface area contributed by atoms with Crippen LogP contribution in [0, 0.1) is 23.6 Å². The molecule has 1 aliphatic carbocycles. The van der Waals surface area contributed by atoms with Gasteiger partial charge in [0.2, 0.25) is 0 Å². The van der Waals surface area contributed by atoms with Crippen molar-refractivity contribution < 1.29 is 9.13 Å². The van der Waals surface area contributed by atoms with E-state index in [2.05, 4.69) is 26.0 Å². The second-order valence-corrected chi connectivity index (χ2v) is 10.9. The van der Waals surface area contributed by atoms with E-state index in [-0.39, 0.29) is 11.9 Å². The largest absolute Gasteiger partial charge is 0.373 e. The molecule has 2 atom stereocenters. The maximum atomic E-state index is 15.3. The summed E-state index contributed by atoms with van der Waals surface area (Å²) in [6, 6.07) is 6.23. The Morgan fingerprint density at radius 3 is 2.47 bits per heavy atom. The predicted molar refractivity (Wildman–Crippen MR) is 127 cm³/mol. The molecule has 0 radical (unpaired) electrons. The molecule has 2 unspecified atom stereocenters. The first-order chi connectivity index (χ1) is 14.7. The number of thiophene rings is 1. The minimum atomic E-state index is -0.0623. The minimum absolute atomic E-state index is 0.0316. The van der Waals surface area contributed by atoms with Crippen molar-refractivity contribution in [2.75, 3.05) is 6.61 Å². The normalized spacial score (nSPS) is 27.6. The first-order valence-corrected chi connectivity index (χ1v) is 13.3. The number of hydrogen-bond donors (Lipinski definition) is 0. The fourth-order valence-corrected chi connectivity index (χ4v) is 6.98. The van der Waals surface area contributed by atoms with Gasteiger partial charge in [-0.1, -0.05) is 70.9 Å². The summed E-state index contributed by atoms with van der Waals surface area (Å²) in [4.78, 5) is 1.29. The number of ether oxygens (including phenoxy) is 1. The van der Waals surface area contributed by atoms with E-state index in [0.29, 0.717) is 5.92 Å². The number of aryl methyl sites for hydroxylation is 1. The highest BCUT2D eigenvalue weighted by atomic mass is 32.1. The van der Waals surface area contributed by atoms with E-state index < -0.39 is 0 Å². The van der Waals surface area contributed by atoms with Crippen molar-refractivity contribution in [2.45, 2.75) is 97.0 Å². The molecule has 2 heterocycles. The van der Waals surface area contributed by atoms with Gasteiger partial charge in [-0.25, -0.2) is 4.39 Å². The van der Waals surface area contributed by atoms with Crippen LogP contribution in [0.25, 0.3) is 10.1 Å². The van der Waals surface area contributed by atoms with E-state index in [0.717, 1.165) is 53.4 Å². The SMILES string of the molecule is CCCCCC1CCC(C2CCC(c3ccc4cc(CCC)sc4c3F)OC2)CC1. The number of hydrogen-bond acceptors (Lipinski definition) is 2. The second kappa shape index (κ2) is 10.6. The molecule has 1 aromatic heterocycles. The molecule has 2 aliphatic rings. The maximum Gasteiger partial charge on any atom is 0.146 e. The van der Waals surface area contributed by atoms with E-state index >= 15 is 4.39 Å². The lowest BCUT2D eigenvalue weighted by atomic mass is 9.72. The molecule has 0 amide bonds. The zero-order valence-electron chi connectivity index (χ0n) is 18.9. The van der Waals surface area contributed by atoms with Gasteiger partial charge in [-0.15, -0.1) is 11.3 Å². The van der Waals surface area contributed by atoms with E-state index in [1.807, 2.05) is 6.07 Å². The molecule has 1 aliphatic heterocycles. The number of benzene rings is 1. The van der Waals surface area contributed by atoms with Crippen molar-refractivity contribution in [1.82, 2.24) is 0 Å². The lowest BCUT2D eigenvalue weighted by Crippen LogP contribution is -2.30. The fraction of sp³-hybridized carbons (Fsp3) is 0.704. The van der Waals surface area contributed by atoms with Crippen LogP contribution < -0.4 is 0 Å². The van der Waals surface area contributed by atoms with Gasteiger partial charge in [0.05, 0.1) is 17.4 Å². The predicted octanol–water partition coefficient (Wildman–Crippen LogP) is 8.85. The summed E-state index contributed by atoms with van der Waals surface area (Å²) in [7, 11) is 0. The van der Waals surface area contributed by atoms with Crippen LogP contribution in [-0.4, -0.2) is 6.61 Å². The molecule has 2 aromatic rings. The van der Waals surface area contributed by atoms with Crippen molar-refractivity contribution in [3.63, 3.8) is 0 Å². The maximum absolute atomic E-state index is 15.3. The third-order valence-electron chi connectivity index (χ3n) is 7.64. The van der Waals surface area contributed by atoms with Crippen LogP contribution >= 0.6 is 11.3 Å².